The first-order valence-electron chi connectivity index (χ1n) is 8.21. The highest BCUT2D eigenvalue weighted by atomic mass is 16.9. The van der Waals surface area contributed by atoms with Crippen molar-refractivity contribution in [2.75, 3.05) is 6.61 Å². The number of hydrogen-bond acceptors (Lipinski definition) is 6. The molecule has 5 atom stereocenters. The fourth-order valence-electron chi connectivity index (χ4n) is 4.89. The Labute approximate surface area is 138 Å². The largest absolute Gasteiger partial charge is 0.393 e. The fourth-order valence-corrected chi connectivity index (χ4v) is 4.89. The van der Waals surface area contributed by atoms with Crippen LogP contribution in [-0.2, 0) is 23.7 Å². The van der Waals surface area contributed by atoms with Gasteiger partial charge in [0.1, 0.15) is 16.8 Å². The minimum atomic E-state index is -1.09. The third-order valence-corrected chi connectivity index (χ3v) is 6.21. The van der Waals surface area contributed by atoms with Crippen molar-refractivity contribution in [1.82, 2.24) is 0 Å². The zero-order chi connectivity index (χ0) is 17.7. The van der Waals surface area contributed by atoms with Crippen LogP contribution in [0.3, 0.4) is 0 Å². The first kappa shape index (κ1) is 17.6. The summed E-state index contributed by atoms with van der Waals surface area (Å²) in [5.41, 5.74) is -3.79. The number of aliphatic hydroxyl groups excluding tert-OH is 1. The molecule has 6 heteroatoms. The zero-order valence-electron chi connectivity index (χ0n) is 15.7. The molecule has 0 bridgehead atoms. The van der Waals surface area contributed by atoms with Crippen molar-refractivity contribution in [3.8, 4) is 0 Å². The van der Waals surface area contributed by atoms with E-state index in [0.717, 1.165) is 0 Å². The Hall–Kier alpha value is -0.240. The number of hydrogen-bond donors (Lipinski definition) is 1. The van der Waals surface area contributed by atoms with Crippen molar-refractivity contribution in [1.29, 1.82) is 0 Å². The van der Waals surface area contributed by atoms with Gasteiger partial charge in [0.15, 0.2) is 17.2 Å². The predicted octanol–water partition coefficient (Wildman–Crippen LogP) is 2.33. The van der Waals surface area contributed by atoms with Gasteiger partial charge >= 0.3 is 0 Å². The molecule has 1 N–H and O–H groups in total. The van der Waals surface area contributed by atoms with Crippen LogP contribution in [0.2, 0.25) is 0 Å². The lowest BCUT2D eigenvalue weighted by Crippen LogP contribution is -2.82. The molecule has 0 unspecified atom stereocenters. The third-order valence-electron chi connectivity index (χ3n) is 6.21. The van der Waals surface area contributed by atoms with Gasteiger partial charge < -0.3 is 28.8 Å². The molecule has 134 valence electrons. The Morgan fingerprint density at radius 2 is 1.00 bits per heavy atom. The van der Waals surface area contributed by atoms with Crippen LogP contribution in [0.1, 0.15) is 62.3 Å². The first-order valence-corrected chi connectivity index (χ1v) is 8.21. The van der Waals surface area contributed by atoms with Crippen LogP contribution in [0, 0.1) is 0 Å². The van der Waals surface area contributed by atoms with E-state index in [1.54, 1.807) is 0 Å². The van der Waals surface area contributed by atoms with Gasteiger partial charge in [0.25, 0.3) is 0 Å². The molecule has 3 aliphatic rings. The second-order valence-electron chi connectivity index (χ2n) is 8.74. The molecule has 3 rings (SSSR count). The van der Waals surface area contributed by atoms with Crippen molar-refractivity contribution in [3.63, 3.8) is 0 Å². The zero-order valence-corrected chi connectivity index (χ0v) is 15.7. The lowest BCUT2D eigenvalue weighted by atomic mass is 9.61. The van der Waals surface area contributed by atoms with Crippen LogP contribution in [0.15, 0.2) is 0 Å². The Bertz CT molecular complexity index is 547. The van der Waals surface area contributed by atoms with Crippen molar-refractivity contribution >= 4 is 0 Å². The van der Waals surface area contributed by atoms with Gasteiger partial charge in [-0.15, -0.1) is 0 Å². The second kappa shape index (κ2) is 4.11. The van der Waals surface area contributed by atoms with E-state index in [2.05, 4.69) is 0 Å². The Morgan fingerprint density at radius 1 is 0.565 bits per heavy atom. The van der Waals surface area contributed by atoms with Gasteiger partial charge in [-0.05, 0) is 62.3 Å². The van der Waals surface area contributed by atoms with Crippen LogP contribution in [0.4, 0.5) is 0 Å². The van der Waals surface area contributed by atoms with E-state index in [4.69, 9.17) is 23.7 Å². The lowest BCUT2D eigenvalue weighted by molar-refractivity contribution is -0.395. The smallest absolute Gasteiger partial charge is 0.201 e. The average molecular weight is 330 g/mol. The molecule has 23 heavy (non-hydrogen) atoms. The molecule has 0 spiro atoms. The average Bonchev–Trinajstić information content (AvgIpc) is 2.65. The molecule has 3 heterocycles. The maximum absolute atomic E-state index is 10.1. The van der Waals surface area contributed by atoms with E-state index in [9.17, 15) is 5.11 Å². The summed E-state index contributed by atoms with van der Waals surface area (Å²) in [4.78, 5) is 0. The molecule has 0 aromatic carbocycles. The molecule has 0 saturated carbocycles. The van der Waals surface area contributed by atoms with Crippen molar-refractivity contribution < 1.29 is 28.8 Å². The highest BCUT2D eigenvalue weighted by Crippen LogP contribution is 2.66. The van der Waals surface area contributed by atoms with Crippen LogP contribution in [0.5, 0.6) is 0 Å². The van der Waals surface area contributed by atoms with E-state index in [1.807, 2.05) is 62.3 Å². The standard InChI is InChI=1S/C17H30O6/c1-11(2)19-14(6)13(5,10-18)23-17(9)16(8,15(14,7)20-11)21-12(3,4)22-17/h18H,10H2,1-9H3/t13-,14+,15-,16+,17+/m1/s1. The van der Waals surface area contributed by atoms with Crippen molar-refractivity contribution in [3.05, 3.63) is 0 Å². The monoisotopic (exact) mass is 330 g/mol. The van der Waals surface area contributed by atoms with Crippen LogP contribution in [0.25, 0.3) is 0 Å². The summed E-state index contributed by atoms with van der Waals surface area (Å²) < 4.78 is 31.5. The third kappa shape index (κ3) is 1.80. The molecule has 3 aliphatic heterocycles. The van der Waals surface area contributed by atoms with Gasteiger partial charge in [0, 0.05) is 0 Å². The van der Waals surface area contributed by atoms with E-state index in [0.29, 0.717) is 0 Å². The van der Waals surface area contributed by atoms with E-state index < -0.39 is 39.8 Å². The molecule has 3 fully saturated rings. The van der Waals surface area contributed by atoms with Gasteiger partial charge in [0.05, 0.1) is 6.61 Å². The summed E-state index contributed by atoms with van der Waals surface area (Å²) in [5.74, 6) is -2.77. The van der Waals surface area contributed by atoms with Crippen LogP contribution < -0.4 is 0 Å². The number of aliphatic hydroxyl groups is 1. The summed E-state index contributed by atoms with van der Waals surface area (Å²) in [5, 5.41) is 10.1. The van der Waals surface area contributed by atoms with Crippen LogP contribution in [-0.4, -0.2) is 51.5 Å². The van der Waals surface area contributed by atoms with Gasteiger partial charge in [0.2, 0.25) is 5.79 Å². The Kier molecular flexibility index (Phi) is 3.14. The summed E-state index contributed by atoms with van der Waals surface area (Å²) in [6, 6.07) is 0. The molecule has 6 nitrogen and oxygen atoms in total. The van der Waals surface area contributed by atoms with Gasteiger partial charge in [-0.1, -0.05) is 0 Å². The topological polar surface area (TPSA) is 66.4 Å². The van der Waals surface area contributed by atoms with Gasteiger partial charge in [-0.3, -0.25) is 0 Å². The minimum Gasteiger partial charge on any atom is -0.393 e. The second-order valence-corrected chi connectivity index (χ2v) is 8.74. The number of ether oxygens (including phenoxy) is 5. The molecule has 0 radical (unpaired) electrons. The summed E-state index contributed by atoms with van der Waals surface area (Å²) in [7, 11) is 0. The summed E-state index contributed by atoms with van der Waals surface area (Å²) >= 11 is 0. The van der Waals surface area contributed by atoms with E-state index in [-0.39, 0.29) is 6.61 Å². The maximum atomic E-state index is 10.1. The molecule has 0 aliphatic carbocycles. The summed E-state index contributed by atoms with van der Waals surface area (Å²) in [6.07, 6.45) is 0. The molecule has 0 amide bonds. The number of fused-ring (bicyclic) bond motifs is 3. The molecule has 0 aromatic heterocycles. The molecular formula is C17H30O6. The Balaban J connectivity index is 2.26. The van der Waals surface area contributed by atoms with E-state index in [1.165, 1.54) is 0 Å². The molecule has 3 saturated heterocycles. The highest BCUT2D eigenvalue weighted by Gasteiger charge is 2.84. The lowest BCUT2D eigenvalue weighted by Gasteiger charge is -2.63. The highest BCUT2D eigenvalue weighted by molar-refractivity contribution is 5.28. The molecular weight excluding hydrogens is 300 g/mol. The minimum absolute atomic E-state index is 0.228. The van der Waals surface area contributed by atoms with Crippen LogP contribution >= 0.6 is 0 Å². The quantitative estimate of drug-likeness (QED) is 0.796. The molecule has 0 aromatic rings. The normalized spacial score (nSPS) is 57.1. The SMILES string of the molecule is CC1(C)O[C@@]2(C)O[C@](C)(CO)[C@]3(C)OC(C)(C)O[C@@]3(C)[C@]2(C)O1. The van der Waals surface area contributed by atoms with Gasteiger partial charge in [-0.2, -0.15) is 0 Å². The first-order chi connectivity index (χ1) is 10.1. The number of rotatable bonds is 1. The van der Waals surface area contributed by atoms with Crippen molar-refractivity contribution in [2.24, 2.45) is 0 Å². The maximum Gasteiger partial charge on any atom is 0.201 e. The fraction of sp³-hybridized carbons (Fsp3) is 1.00. The Morgan fingerprint density at radius 3 is 1.52 bits per heavy atom. The van der Waals surface area contributed by atoms with Gasteiger partial charge in [-0.25, -0.2) is 0 Å². The predicted molar refractivity (Wildman–Crippen MR) is 82.7 cm³/mol. The van der Waals surface area contributed by atoms with E-state index >= 15 is 0 Å². The van der Waals surface area contributed by atoms with Crippen molar-refractivity contribution in [2.45, 2.75) is 102 Å². The summed E-state index contributed by atoms with van der Waals surface area (Å²) in [6.45, 7) is 16.7.